The number of hydrogen-bond donors (Lipinski definition) is 0. The van der Waals surface area contributed by atoms with Crippen LogP contribution in [0, 0.1) is 0 Å². The third-order valence-electron chi connectivity index (χ3n) is 10.9. The molecule has 0 fully saturated rings. The monoisotopic (exact) mass is 888 g/mol. The second-order valence-electron chi connectivity index (χ2n) is 15.2. The van der Waals surface area contributed by atoms with E-state index < -0.39 is 0 Å². The summed E-state index contributed by atoms with van der Waals surface area (Å²) in [6.07, 6.45) is 17.8. The van der Waals surface area contributed by atoms with E-state index >= 15 is 0 Å². The molecule has 8 bridgehead atoms. The van der Waals surface area contributed by atoms with Crippen molar-refractivity contribution in [3.63, 3.8) is 0 Å². The summed E-state index contributed by atoms with van der Waals surface area (Å²) in [4.78, 5) is 23.8. The summed E-state index contributed by atoms with van der Waals surface area (Å²) >= 11 is 3.33. The molecule has 0 aliphatic carbocycles. The van der Waals surface area contributed by atoms with Gasteiger partial charge < -0.3 is 19.4 Å². The number of nitrogens with zero attached hydrogens (tertiary/aromatic N) is 4. The first-order valence-corrected chi connectivity index (χ1v) is 23.0. The summed E-state index contributed by atoms with van der Waals surface area (Å²) in [7, 11) is 0. The summed E-state index contributed by atoms with van der Waals surface area (Å²) in [6.45, 7) is 5.87. The van der Waals surface area contributed by atoms with Crippen molar-refractivity contribution in [3.05, 3.63) is 131 Å². The summed E-state index contributed by atoms with van der Waals surface area (Å²) < 4.78 is 12.5. The minimum Gasteiger partial charge on any atom is -0.657 e. The topological polar surface area (TPSA) is 72.4 Å². The predicted molar refractivity (Wildman–Crippen MR) is 254 cm³/mol. The van der Waals surface area contributed by atoms with Crippen molar-refractivity contribution in [2.24, 2.45) is 0 Å². The van der Waals surface area contributed by atoms with Gasteiger partial charge in [-0.25, -0.2) is 9.97 Å². The molecule has 302 valence electrons. The van der Waals surface area contributed by atoms with Gasteiger partial charge >= 0.3 is 19.5 Å². The fourth-order valence-corrected chi connectivity index (χ4v) is 9.66. The fraction of sp³-hybridized carbons (Fsp3) is 0.231. The molecule has 0 amide bonds. The molecule has 2 aliphatic rings. The van der Waals surface area contributed by atoms with Crippen LogP contribution in [0.15, 0.2) is 108 Å². The molecule has 0 saturated heterocycles. The van der Waals surface area contributed by atoms with E-state index in [4.69, 9.17) is 29.4 Å². The molecule has 6 nitrogen and oxygen atoms in total. The third-order valence-corrected chi connectivity index (χ3v) is 12.8. The number of rotatable bonds is 16. The first kappa shape index (κ1) is 42.4. The Morgan fingerprint density at radius 1 is 0.459 bits per heavy atom. The van der Waals surface area contributed by atoms with E-state index in [0.29, 0.717) is 13.2 Å². The summed E-state index contributed by atoms with van der Waals surface area (Å²) in [6, 6.07) is 33.7. The molecule has 0 spiro atoms. The summed E-state index contributed by atoms with van der Waals surface area (Å²) in [5, 5.41) is 4.21. The zero-order chi connectivity index (χ0) is 40.7. The molecule has 5 aromatic heterocycles. The van der Waals surface area contributed by atoms with Crippen LogP contribution in [0.2, 0.25) is 0 Å². The Kier molecular flexibility index (Phi) is 13.9. The van der Waals surface area contributed by atoms with E-state index in [0.717, 1.165) is 112 Å². The molecule has 7 heterocycles. The minimum atomic E-state index is 0. The summed E-state index contributed by atoms with van der Waals surface area (Å²) in [5.41, 5.74) is 12.8. The van der Waals surface area contributed by atoms with E-state index in [2.05, 4.69) is 134 Å². The van der Waals surface area contributed by atoms with Crippen LogP contribution in [-0.4, -0.2) is 23.2 Å². The van der Waals surface area contributed by atoms with Crippen molar-refractivity contribution in [2.45, 2.75) is 65.2 Å². The van der Waals surface area contributed by atoms with E-state index in [9.17, 15) is 0 Å². The molecule has 9 rings (SSSR count). The van der Waals surface area contributed by atoms with Crippen molar-refractivity contribution in [3.8, 4) is 54.6 Å². The van der Waals surface area contributed by atoms with Crippen LogP contribution >= 0.6 is 22.7 Å². The van der Waals surface area contributed by atoms with Crippen LogP contribution in [0.25, 0.3) is 89.5 Å². The molecule has 61 heavy (non-hydrogen) atoms. The van der Waals surface area contributed by atoms with Crippen molar-refractivity contribution >= 4 is 69.0 Å². The Labute approximate surface area is 379 Å². The molecular weight excluding hydrogens is 842 g/mol. The molecule has 0 unspecified atom stereocenters. The van der Waals surface area contributed by atoms with Gasteiger partial charge in [0.25, 0.3) is 0 Å². The van der Waals surface area contributed by atoms with E-state index in [1.807, 2.05) is 12.1 Å². The first-order valence-electron chi connectivity index (χ1n) is 21.3. The second-order valence-corrected chi connectivity index (χ2v) is 17.0. The van der Waals surface area contributed by atoms with E-state index in [1.54, 1.807) is 22.7 Å². The Bertz CT molecular complexity index is 2620. The number of aromatic nitrogens is 4. The SMILES string of the molecule is CCCCCCOc1csc(-c2c3nc(c(-c4ccccc4)c4ccc([n-]4)c(-c4cc(OCCCCCC)cs4)c4nc(c(-c5ccccc5)c5ccc2[n-]5)C=C4)C=C3)c1.[Zn+2]. The molecular formula is C52H48N4O2S2Zn. The molecule has 0 saturated carbocycles. The van der Waals surface area contributed by atoms with Gasteiger partial charge in [0.05, 0.1) is 36.0 Å². The normalized spacial score (nSPS) is 11.8. The quantitative estimate of drug-likeness (QED) is 0.0711. The number of benzene rings is 2. The smallest absolute Gasteiger partial charge is 0.657 e. The molecule has 2 aromatic carbocycles. The molecule has 2 aliphatic heterocycles. The van der Waals surface area contributed by atoms with Crippen molar-refractivity contribution in [1.82, 2.24) is 19.9 Å². The number of fused-ring (bicyclic) bond motifs is 8. The van der Waals surface area contributed by atoms with Crippen LogP contribution in [-0.2, 0) is 19.5 Å². The van der Waals surface area contributed by atoms with Gasteiger partial charge in [-0.1, -0.05) is 137 Å². The third kappa shape index (κ3) is 9.45. The minimum absolute atomic E-state index is 0. The Hall–Kier alpha value is -5.34. The molecule has 0 radical (unpaired) electrons. The van der Waals surface area contributed by atoms with Crippen molar-refractivity contribution in [2.75, 3.05) is 13.2 Å². The van der Waals surface area contributed by atoms with Gasteiger partial charge in [0, 0.05) is 31.6 Å². The molecule has 9 heteroatoms. The average Bonchev–Trinajstić information content (AvgIpc) is 4.14. The van der Waals surface area contributed by atoms with Gasteiger partial charge in [-0.3, -0.25) is 0 Å². The number of thiophene rings is 2. The zero-order valence-corrected chi connectivity index (χ0v) is 39.5. The average molecular weight is 891 g/mol. The predicted octanol–water partition coefficient (Wildman–Crippen LogP) is 14.6. The fourth-order valence-electron chi connectivity index (χ4n) is 7.88. The van der Waals surface area contributed by atoms with Crippen LogP contribution in [0.4, 0.5) is 0 Å². The Morgan fingerprint density at radius 2 is 0.836 bits per heavy atom. The standard InChI is InChI=1S/C52H48N4O2S2.Zn/c1-3-5-7-15-29-57-37-31-47(59-33-37)51-43-25-21-39(53-43)49(35-17-11-9-12-18-35)41-23-27-45(55-41)52(48-32-38(34-60-48)58-30-16-8-6-4-2)46-28-24-42(56-46)50(36-19-13-10-14-20-36)40-22-26-44(51)54-40;/h9-14,17-28,31-34H,3-8,15-16,29-30H2,1-2H3;/q-2;+2. The van der Waals surface area contributed by atoms with Crippen molar-refractivity contribution < 1.29 is 29.0 Å². The van der Waals surface area contributed by atoms with Crippen LogP contribution in [0.5, 0.6) is 11.5 Å². The second kappa shape index (κ2) is 20.0. The number of hydrogen-bond acceptors (Lipinski definition) is 6. The van der Waals surface area contributed by atoms with Gasteiger partial charge in [0.2, 0.25) is 0 Å². The molecule has 7 aromatic rings. The Balaban J connectivity index is 0.00000514. The van der Waals surface area contributed by atoms with Crippen LogP contribution in [0.1, 0.15) is 88.0 Å². The van der Waals surface area contributed by atoms with Gasteiger partial charge in [-0.15, -0.1) is 44.7 Å². The maximum atomic E-state index is 6.27. The van der Waals surface area contributed by atoms with Gasteiger partial charge in [-0.2, -0.15) is 0 Å². The van der Waals surface area contributed by atoms with Gasteiger partial charge in [0.15, 0.2) is 0 Å². The largest absolute Gasteiger partial charge is 2.00 e. The van der Waals surface area contributed by atoms with E-state index in [1.165, 1.54) is 38.5 Å². The van der Waals surface area contributed by atoms with Crippen LogP contribution < -0.4 is 19.4 Å². The first-order chi connectivity index (χ1) is 29.7. The van der Waals surface area contributed by atoms with Crippen molar-refractivity contribution in [1.29, 1.82) is 0 Å². The molecule has 0 N–H and O–H groups in total. The van der Waals surface area contributed by atoms with Crippen LogP contribution in [0.3, 0.4) is 0 Å². The zero-order valence-electron chi connectivity index (χ0n) is 34.9. The Morgan fingerprint density at radius 3 is 1.23 bits per heavy atom. The van der Waals surface area contributed by atoms with Gasteiger partial charge in [-0.05, 0) is 71.5 Å². The number of unbranched alkanes of at least 4 members (excludes halogenated alkanes) is 6. The van der Waals surface area contributed by atoms with Gasteiger partial charge in [0.1, 0.15) is 11.5 Å². The maximum absolute atomic E-state index is 6.27. The summed E-state index contributed by atoms with van der Waals surface area (Å²) in [5.74, 6) is 1.76. The van der Waals surface area contributed by atoms with E-state index in [-0.39, 0.29) is 19.5 Å². The molecule has 0 atom stereocenters. The number of ether oxygens (including phenoxy) is 2. The maximum Gasteiger partial charge on any atom is 2.00 e.